The number of nitriles is 2. The summed E-state index contributed by atoms with van der Waals surface area (Å²) in [6.45, 7) is 8.04. The monoisotopic (exact) mass is 313 g/mol. The molecule has 5 heteroatoms. The molecule has 0 unspecified atom stereocenters. The van der Waals surface area contributed by atoms with Gasteiger partial charge in [0, 0.05) is 7.05 Å². The van der Waals surface area contributed by atoms with Crippen LogP contribution in [0.5, 0.6) is 0 Å². The van der Waals surface area contributed by atoms with E-state index in [1.807, 2.05) is 52.9 Å². The second kappa shape index (κ2) is 7.65. The molecule has 0 saturated carbocycles. The number of benzene rings is 1. The predicted octanol–water partition coefficient (Wildman–Crippen LogP) is 3.26. The van der Waals surface area contributed by atoms with Gasteiger partial charge in [-0.25, -0.2) is 0 Å². The molecule has 0 aliphatic rings. The molecule has 0 aliphatic heterocycles. The summed E-state index contributed by atoms with van der Waals surface area (Å²) < 4.78 is 0. The molecule has 0 spiro atoms. The Balaban J connectivity index is 0.00000484. The first-order valence-corrected chi connectivity index (χ1v) is 7.09. The standard InChI is InChI=1S/C17H23N5.CH4/c1-16(2,10-18)14-6-13(9-22(5)21-12-20)7-15(8-14)17(3,4)11-19;/h6-8,12H,9H2,1-5H3,(H2,20,21);1H4. The lowest BCUT2D eigenvalue weighted by Gasteiger charge is -2.24. The molecule has 0 aliphatic carbocycles. The van der Waals surface area contributed by atoms with Gasteiger partial charge < -0.3 is 5.73 Å². The highest BCUT2D eigenvalue weighted by molar-refractivity contribution is 5.50. The molecule has 0 saturated heterocycles. The van der Waals surface area contributed by atoms with Gasteiger partial charge in [0.15, 0.2) is 0 Å². The Kier molecular flexibility index (Phi) is 6.81. The van der Waals surface area contributed by atoms with Crippen LogP contribution in [0.3, 0.4) is 0 Å². The second-order valence-electron chi connectivity index (χ2n) is 6.47. The molecule has 0 amide bonds. The highest BCUT2D eigenvalue weighted by Crippen LogP contribution is 2.30. The molecule has 0 atom stereocenters. The number of hydrazone groups is 1. The third-order valence-electron chi connectivity index (χ3n) is 3.67. The van der Waals surface area contributed by atoms with E-state index in [-0.39, 0.29) is 7.43 Å². The van der Waals surface area contributed by atoms with Crippen LogP contribution in [0.2, 0.25) is 0 Å². The minimum Gasteiger partial charge on any atom is -0.388 e. The summed E-state index contributed by atoms with van der Waals surface area (Å²) in [5, 5.41) is 24.5. The molecule has 0 bridgehead atoms. The average Bonchev–Trinajstić information content (AvgIpc) is 2.47. The van der Waals surface area contributed by atoms with E-state index >= 15 is 0 Å². The Bertz CT molecular complexity index is 600. The number of nitrogens with zero attached hydrogens (tertiary/aromatic N) is 4. The van der Waals surface area contributed by atoms with Gasteiger partial charge in [0.2, 0.25) is 0 Å². The molecule has 5 nitrogen and oxygen atoms in total. The second-order valence-corrected chi connectivity index (χ2v) is 6.47. The first kappa shape index (κ1) is 20.5. The summed E-state index contributed by atoms with van der Waals surface area (Å²) in [7, 11) is 1.82. The van der Waals surface area contributed by atoms with Gasteiger partial charge in [-0.1, -0.05) is 25.6 Å². The molecule has 1 aromatic rings. The highest BCUT2D eigenvalue weighted by Gasteiger charge is 2.26. The lowest BCUT2D eigenvalue weighted by molar-refractivity contribution is 0.348. The predicted molar refractivity (Wildman–Crippen MR) is 94.6 cm³/mol. The molecule has 0 fully saturated rings. The van der Waals surface area contributed by atoms with Crippen molar-refractivity contribution in [3.05, 3.63) is 34.9 Å². The van der Waals surface area contributed by atoms with Crippen molar-refractivity contribution in [1.82, 2.24) is 5.01 Å². The number of nitrogens with two attached hydrogens (primary N) is 1. The normalized spacial score (nSPS) is 11.4. The highest BCUT2D eigenvalue weighted by atomic mass is 15.4. The van der Waals surface area contributed by atoms with Crippen LogP contribution in [-0.4, -0.2) is 18.4 Å². The first-order chi connectivity index (χ1) is 10.2. The maximum Gasteiger partial charge on any atom is 0.106 e. The van der Waals surface area contributed by atoms with Crippen LogP contribution in [-0.2, 0) is 17.4 Å². The fourth-order valence-electron chi connectivity index (χ4n) is 2.05. The fraction of sp³-hybridized carbons (Fsp3) is 0.500. The smallest absolute Gasteiger partial charge is 0.106 e. The van der Waals surface area contributed by atoms with Gasteiger partial charge in [0.1, 0.15) is 6.34 Å². The third kappa shape index (κ3) is 5.00. The van der Waals surface area contributed by atoms with E-state index in [0.29, 0.717) is 6.54 Å². The summed E-state index contributed by atoms with van der Waals surface area (Å²) in [6, 6.07) is 10.6. The third-order valence-corrected chi connectivity index (χ3v) is 3.67. The van der Waals surface area contributed by atoms with E-state index in [9.17, 15) is 10.5 Å². The van der Waals surface area contributed by atoms with Crippen molar-refractivity contribution in [1.29, 1.82) is 10.5 Å². The molecule has 0 aromatic heterocycles. The van der Waals surface area contributed by atoms with E-state index < -0.39 is 10.8 Å². The largest absolute Gasteiger partial charge is 0.388 e. The molecule has 124 valence electrons. The summed E-state index contributed by atoms with van der Waals surface area (Å²) in [4.78, 5) is 0. The molecule has 0 heterocycles. The Morgan fingerprint density at radius 2 is 1.52 bits per heavy atom. The van der Waals surface area contributed by atoms with Crippen molar-refractivity contribution in [2.24, 2.45) is 10.8 Å². The van der Waals surface area contributed by atoms with Crippen molar-refractivity contribution >= 4 is 6.34 Å². The molecule has 2 N–H and O–H groups in total. The van der Waals surface area contributed by atoms with Crippen LogP contribution < -0.4 is 5.73 Å². The first-order valence-electron chi connectivity index (χ1n) is 7.09. The van der Waals surface area contributed by atoms with Gasteiger partial charge in [-0.05, 0) is 44.4 Å². The van der Waals surface area contributed by atoms with Crippen LogP contribution >= 0.6 is 0 Å². The fourth-order valence-corrected chi connectivity index (χ4v) is 2.05. The van der Waals surface area contributed by atoms with Crippen LogP contribution in [0.25, 0.3) is 0 Å². The number of hydrogen-bond donors (Lipinski definition) is 1. The molecule has 1 rings (SSSR count). The zero-order valence-corrected chi connectivity index (χ0v) is 13.9. The summed E-state index contributed by atoms with van der Waals surface area (Å²) >= 11 is 0. The lowest BCUT2D eigenvalue weighted by Crippen LogP contribution is -2.21. The van der Waals surface area contributed by atoms with Crippen LogP contribution in [0.4, 0.5) is 0 Å². The van der Waals surface area contributed by atoms with E-state index in [1.165, 1.54) is 6.34 Å². The minimum absolute atomic E-state index is 0. The van der Waals surface area contributed by atoms with E-state index in [4.69, 9.17) is 5.73 Å². The van der Waals surface area contributed by atoms with Crippen LogP contribution in [0, 0.1) is 22.7 Å². The van der Waals surface area contributed by atoms with Gasteiger partial charge in [0.05, 0.1) is 29.5 Å². The maximum atomic E-state index is 9.39. The van der Waals surface area contributed by atoms with Crippen molar-refractivity contribution in [3.63, 3.8) is 0 Å². The van der Waals surface area contributed by atoms with Crippen LogP contribution in [0.1, 0.15) is 51.8 Å². The molecule has 1 aromatic carbocycles. The molecular formula is C18H27N5. The average molecular weight is 313 g/mol. The zero-order chi connectivity index (χ0) is 17.0. The summed E-state index contributed by atoms with van der Waals surface area (Å²) in [6.07, 6.45) is 1.24. The van der Waals surface area contributed by atoms with Crippen molar-refractivity contribution in [2.75, 3.05) is 7.05 Å². The maximum absolute atomic E-state index is 9.39. The van der Waals surface area contributed by atoms with E-state index in [2.05, 4.69) is 17.2 Å². The van der Waals surface area contributed by atoms with Crippen molar-refractivity contribution < 1.29 is 0 Å². The number of hydrogen-bond acceptors (Lipinski definition) is 4. The lowest BCUT2D eigenvalue weighted by atomic mass is 9.79. The van der Waals surface area contributed by atoms with Crippen LogP contribution in [0.15, 0.2) is 23.3 Å². The molecular weight excluding hydrogens is 286 g/mol. The Morgan fingerprint density at radius 1 is 1.09 bits per heavy atom. The SMILES string of the molecule is C.CN(Cc1cc(C(C)(C)C#N)cc(C(C)(C)C#N)c1)/N=C\N. The van der Waals surface area contributed by atoms with Gasteiger partial charge in [-0.3, -0.25) is 5.01 Å². The Morgan fingerprint density at radius 3 is 1.87 bits per heavy atom. The van der Waals surface area contributed by atoms with Gasteiger partial charge in [0.25, 0.3) is 0 Å². The van der Waals surface area contributed by atoms with Crippen molar-refractivity contribution in [2.45, 2.75) is 52.5 Å². The Labute approximate surface area is 140 Å². The summed E-state index contributed by atoms with van der Waals surface area (Å²) in [5.74, 6) is 0. The topological polar surface area (TPSA) is 89.2 Å². The van der Waals surface area contributed by atoms with Gasteiger partial charge >= 0.3 is 0 Å². The minimum atomic E-state index is -0.619. The van der Waals surface area contributed by atoms with E-state index in [1.54, 1.807) is 5.01 Å². The van der Waals surface area contributed by atoms with Crippen molar-refractivity contribution in [3.8, 4) is 12.1 Å². The van der Waals surface area contributed by atoms with Gasteiger partial charge in [-0.2, -0.15) is 15.6 Å². The Hall–Kier alpha value is -2.53. The van der Waals surface area contributed by atoms with Gasteiger partial charge in [-0.15, -0.1) is 0 Å². The number of rotatable bonds is 5. The van der Waals surface area contributed by atoms with E-state index in [0.717, 1.165) is 16.7 Å². The quantitative estimate of drug-likeness (QED) is 0.513. The molecule has 0 radical (unpaired) electrons. The summed E-state index contributed by atoms with van der Waals surface area (Å²) in [5.41, 5.74) is 6.86. The zero-order valence-electron chi connectivity index (χ0n) is 13.9. The molecule has 23 heavy (non-hydrogen) atoms.